The predicted molar refractivity (Wildman–Crippen MR) is 81.0 cm³/mol. The Balaban J connectivity index is 1.92. The first kappa shape index (κ1) is 14.0. The summed E-state index contributed by atoms with van der Waals surface area (Å²) in [5.74, 6) is 0.489. The van der Waals surface area contributed by atoms with E-state index < -0.39 is 0 Å². The highest BCUT2D eigenvalue weighted by Crippen LogP contribution is 2.40. The second-order valence-electron chi connectivity index (χ2n) is 6.35. The number of aryl methyl sites for hydroxylation is 1. The second-order valence-corrected chi connectivity index (χ2v) is 6.35. The average molecular weight is 274 g/mol. The summed E-state index contributed by atoms with van der Waals surface area (Å²) in [7, 11) is 0. The molecule has 0 radical (unpaired) electrons. The Hall–Kier alpha value is -0.930. The van der Waals surface area contributed by atoms with Crippen molar-refractivity contribution in [3.05, 3.63) is 29.6 Å². The molecule has 1 fully saturated rings. The smallest absolute Gasteiger partial charge is 0.0814 e. The lowest BCUT2D eigenvalue weighted by Crippen LogP contribution is -2.52. The summed E-state index contributed by atoms with van der Waals surface area (Å²) in [6, 6.07) is 4.69. The summed E-state index contributed by atoms with van der Waals surface area (Å²) in [6.07, 6.45) is 7.94. The molecule has 3 atom stereocenters. The van der Waals surface area contributed by atoms with Crippen LogP contribution in [-0.4, -0.2) is 29.8 Å². The van der Waals surface area contributed by atoms with Crippen molar-refractivity contribution in [2.75, 3.05) is 13.2 Å². The van der Waals surface area contributed by atoms with Gasteiger partial charge >= 0.3 is 0 Å². The number of rotatable bonds is 4. The molecule has 0 spiro atoms. The normalized spacial score (nSPS) is 31.0. The van der Waals surface area contributed by atoms with E-state index in [1.165, 1.54) is 36.9 Å². The number of aromatic nitrogens is 1. The molecule has 3 nitrogen and oxygen atoms in total. The molecule has 0 aromatic carbocycles. The van der Waals surface area contributed by atoms with Gasteiger partial charge in [-0.3, -0.25) is 4.98 Å². The van der Waals surface area contributed by atoms with Gasteiger partial charge in [-0.05, 0) is 57.2 Å². The molecule has 1 N–H and O–H groups in total. The van der Waals surface area contributed by atoms with Crippen LogP contribution < -0.4 is 5.32 Å². The standard InChI is InChI=1S/C17H26N2O/c1-3-18-16(17(2)10-6-12-20-17)14-9-4-7-13-8-5-11-19-15(13)14/h5,8,11,14,16,18H,3-4,6-7,9-10,12H2,1-2H3. The summed E-state index contributed by atoms with van der Waals surface area (Å²) in [5.41, 5.74) is 2.71. The van der Waals surface area contributed by atoms with Crippen LogP contribution in [-0.2, 0) is 11.2 Å². The molecule has 3 unspecified atom stereocenters. The van der Waals surface area contributed by atoms with E-state index in [4.69, 9.17) is 9.72 Å². The van der Waals surface area contributed by atoms with Crippen LogP contribution in [0.2, 0.25) is 0 Å². The number of ether oxygens (including phenoxy) is 1. The van der Waals surface area contributed by atoms with Crippen molar-refractivity contribution in [3.8, 4) is 0 Å². The summed E-state index contributed by atoms with van der Waals surface area (Å²) in [4.78, 5) is 4.71. The van der Waals surface area contributed by atoms with Crippen molar-refractivity contribution < 1.29 is 4.74 Å². The number of nitrogens with zero attached hydrogens (tertiary/aromatic N) is 1. The average Bonchev–Trinajstić information content (AvgIpc) is 2.92. The zero-order valence-electron chi connectivity index (χ0n) is 12.7. The van der Waals surface area contributed by atoms with E-state index in [0.29, 0.717) is 12.0 Å². The number of nitrogens with one attached hydrogen (secondary N) is 1. The highest BCUT2D eigenvalue weighted by Gasteiger charge is 2.44. The maximum Gasteiger partial charge on any atom is 0.0814 e. The monoisotopic (exact) mass is 274 g/mol. The number of pyridine rings is 1. The Kier molecular flexibility index (Phi) is 4.08. The van der Waals surface area contributed by atoms with Crippen molar-refractivity contribution in [3.63, 3.8) is 0 Å². The van der Waals surface area contributed by atoms with Crippen LogP contribution in [0.1, 0.15) is 56.7 Å². The fraction of sp³-hybridized carbons (Fsp3) is 0.706. The van der Waals surface area contributed by atoms with Crippen LogP contribution in [0.25, 0.3) is 0 Å². The van der Waals surface area contributed by atoms with E-state index in [-0.39, 0.29) is 5.60 Å². The van der Waals surface area contributed by atoms with Gasteiger partial charge in [0.05, 0.1) is 5.60 Å². The lowest BCUT2D eigenvalue weighted by atomic mass is 9.75. The van der Waals surface area contributed by atoms with Crippen LogP contribution in [0.15, 0.2) is 18.3 Å². The number of hydrogen-bond acceptors (Lipinski definition) is 3. The van der Waals surface area contributed by atoms with Crippen molar-refractivity contribution in [2.45, 2.75) is 63.5 Å². The number of hydrogen-bond donors (Lipinski definition) is 1. The van der Waals surface area contributed by atoms with Gasteiger partial charge in [-0.2, -0.15) is 0 Å². The van der Waals surface area contributed by atoms with Crippen LogP contribution in [0.5, 0.6) is 0 Å². The van der Waals surface area contributed by atoms with Gasteiger partial charge in [0.1, 0.15) is 0 Å². The molecular weight excluding hydrogens is 248 g/mol. The van der Waals surface area contributed by atoms with E-state index in [0.717, 1.165) is 19.6 Å². The highest BCUT2D eigenvalue weighted by atomic mass is 16.5. The second kappa shape index (κ2) is 5.82. The quantitative estimate of drug-likeness (QED) is 0.916. The number of fused-ring (bicyclic) bond motifs is 1. The van der Waals surface area contributed by atoms with E-state index in [9.17, 15) is 0 Å². The first-order valence-electron chi connectivity index (χ1n) is 8.06. The molecule has 0 bridgehead atoms. The van der Waals surface area contributed by atoms with E-state index in [1.807, 2.05) is 6.20 Å². The van der Waals surface area contributed by atoms with Crippen LogP contribution >= 0.6 is 0 Å². The Bertz CT molecular complexity index is 454. The largest absolute Gasteiger partial charge is 0.374 e. The molecule has 20 heavy (non-hydrogen) atoms. The van der Waals surface area contributed by atoms with Crippen molar-refractivity contribution in [1.82, 2.24) is 10.3 Å². The van der Waals surface area contributed by atoms with Crippen molar-refractivity contribution in [1.29, 1.82) is 0 Å². The van der Waals surface area contributed by atoms with Crippen molar-refractivity contribution in [2.24, 2.45) is 0 Å². The molecule has 0 saturated carbocycles. The molecule has 0 amide bonds. The lowest BCUT2D eigenvalue weighted by molar-refractivity contribution is -0.0209. The van der Waals surface area contributed by atoms with E-state index >= 15 is 0 Å². The Labute approximate surface area is 122 Å². The minimum absolute atomic E-state index is 0.0349. The predicted octanol–water partition coefficient (Wildman–Crippen LogP) is 3.05. The van der Waals surface area contributed by atoms with Gasteiger partial charge < -0.3 is 10.1 Å². The summed E-state index contributed by atoms with van der Waals surface area (Å²) in [5, 5.41) is 3.71. The summed E-state index contributed by atoms with van der Waals surface area (Å²) < 4.78 is 6.13. The van der Waals surface area contributed by atoms with Gasteiger partial charge in [-0.25, -0.2) is 0 Å². The van der Waals surface area contributed by atoms with Crippen LogP contribution in [0.3, 0.4) is 0 Å². The van der Waals surface area contributed by atoms with Crippen molar-refractivity contribution >= 4 is 0 Å². The molecule has 110 valence electrons. The molecule has 2 heterocycles. The SMILES string of the molecule is CCNC(C1CCCc2cccnc21)C1(C)CCCO1. The zero-order chi connectivity index (χ0) is 14.0. The minimum Gasteiger partial charge on any atom is -0.374 e. The molecule has 1 aromatic rings. The maximum atomic E-state index is 6.13. The van der Waals surface area contributed by atoms with Gasteiger partial charge in [0.25, 0.3) is 0 Å². The third-order valence-corrected chi connectivity index (χ3v) is 4.97. The molecule has 1 aliphatic carbocycles. The van der Waals surface area contributed by atoms with Crippen LogP contribution in [0, 0.1) is 0 Å². The third-order valence-electron chi connectivity index (χ3n) is 4.97. The molecule has 2 aliphatic rings. The Morgan fingerprint density at radius 1 is 1.50 bits per heavy atom. The molecule has 1 aliphatic heterocycles. The molecule has 3 heteroatoms. The zero-order valence-corrected chi connectivity index (χ0v) is 12.7. The Morgan fingerprint density at radius 3 is 3.15 bits per heavy atom. The maximum absolute atomic E-state index is 6.13. The molecular formula is C17H26N2O. The topological polar surface area (TPSA) is 34.2 Å². The first-order chi connectivity index (χ1) is 9.74. The fourth-order valence-electron chi connectivity index (χ4n) is 4.02. The molecule has 1 saturated heterocycles. The highest BCUT2D eigenvalue weighted by molar-refractivity contribution is 5.28. The van der Waals surface area contributed by atoms with Gasteiger partial charge in [0, 0.05) is 30.5 Å². The fourth-order valence-corrected chi connectivity index (χ4v) is 4.02. The molecule has 1 aromatic heterocycles. The van der Waals surface area contributed by atoms with Gasteiger partial charge in [0.2, 0.25) is 0 Å². The third kappa shape index (κ3) is 2.49. The minimum atomic E-state index is -0.0349. The van der Waals surface area contributed by atoms with Gasteiger partial charge in [-0.1, -0.05) is 13.0 Å². The summed E-state index contributed by atoms with van der Waals surface area (Å²) >= 11 is 0. The lowest BCUT2D eigenvalue weighted by Gasteiger charge is -2.41. The van der Waals surface area contributed by atoms with E-state index in [2.05, 4.69) is 31.3 Å². The van der Waals surface area contributed by atoms with Crippen LogP contribution in [0.4, 0.5) is 0 Å². The summed E-state index contributed by atoms with van der Waals surface area (Å²) in [6.45, 7) is 6.36. The van der Waals surface area contributed by atoms with Gasteiger partial charge in [-0.15, -0.1) is 0 Å². The Morgan fingerprint density at radius 2 is 2.40 bits per heavy atom. The number of likely N-dealkylation sites (N-methyl/N-ethyl adjacent to an activating group) is 1. The van der Waals surface area contributed by atoms with E-state index in [1.54, 1.807) is 0 Å². The first-order valence-corrected chi connectivity index (χ1v) is 8.06. The van der Waals surface area contributed by atoms with Gasteiger partial charge in [0.15, 0.2) is 0 Å². The molecule has 3 rings (SSSR count).